The summed E-state index contributed by atoms with van der Waals surface area (Å²) in [6.45, 7) is 3.16. The molecule has 0 saturated carbocycles. The Labute approximate surface area is 110 Å². The fourth-order valence-electron chi connectivity index (χ4n) is 1.57. The summed E-state index contributed by atoms with van der Waals surface area (Å²) in [6.07, 6.45) is 0.407. The molecule has 108 valence electrons. The molecule has 1 unspecified atom stereocenters. The van der Waals surface area contributed by atoms with Gasteiger partial charge in [-0.25, -0.2) is 17.9 Å². The van der Waals surface area contributed by atoms with Crippen molar-refractivity contribution in [1.82, 2.24) is 14.9 Å². The molecule has 1 aromatic rings. The first-order chi connectivity index (χ1) is 8.75. The van der Waals surface area contributed by atoms with Gasteiger partial charge >= 0.3 is 5.97 Å². The lowest BCUT2D eigenvalue weighted by atomic mass is 10.2. The van der Waals surface area contributed by atoms with Crippen LogP contribution in [0.2, 0.25) is 0 Å². The van der Waals surface area contributed by atoms with E-state index in [1.165, 1.54) is 6.92 Å². The third-order valence-corrected chi connectivity index (χ3v) is 4.07. The fourth-order valence-corrected chi connectivity index (χ4v) is 2.96. The van der Waals surface area contributed by atoms with Crippen molar-refractivity contribution < 1.29 is 23.4 Å². The summed E-state index contributed by atoms with van der Waals surface area (Å²) in [5.41, 5.74) is -0.360. The van der Waals surface area contributed by atoms with Gasteiger partial charge in [-0.05, 0) is 26.7 Å². The number of H-pyrrole nitrogens is 1. The summed E-state index contributed by atoms with van der Waals surface area (Å²) in [6, 6.07) is 0. The summed E-state index contributed by atoms with van der Waals surface area (Å²) in [4.78, 5) is 10.5. The topological polar surface area (TPSA) is 132 Å². The van der Waals surface area contributed by atoms with Crippen molar-refractivity contribution in [2.45, 2.75) is 37.7 Å². The van der Waals surface area contributed by atoms with Crippen LogP contribution in [0, 0.1) is 6.92 Å². The van der Waals surface area contributed by atoms with Gasteiger partial charge in [0.2, 0.25) is 10.0 Å². The van der Waals surface area contributed by atoms with Crippen LogP contribution in [0.3, 0.4) is 0 Å². The SMILES string of the molecule is Cc1[nH]nc(C(=O)O)c1S(=O)(=O)NCCCC(C)O. The molecule has 0 amide bonds. The molecule has 9 heteroatoms. The molecule has 0 spiro atoms. The molecule has 0 bridgehead atoms. The van der Waals surface area contributed by atoms with Crippen LogP contribution >= 0.6 is 0 Å². The van der Waals surface area contributed by atoms with Crippen LogP contribution in [0.15, 0.2) is 4.90 Å². The average Bonchev–Trinajstić information content (AvgIpc) is 2.67. The smallest absolute Gasteiger partial charge is 0.357 e. The molecule has 1 atom stereocenters. The molecule has 8 nitrogen and oxygen atoms in total. The zero-order valence-corrected chi connectivity index (χ0v) is 11.5. The van der Waals surface area contributed by atoms with Crippen LogP contribution in [0.1, 0.15) is 35.9 Å². The number of nitrogens with one attached hydrogen (secondary N) is 2. The monoisotopic (exact) mass is 291 g/mol. The quantitative estimate of drug-likeness (QED) is 0.517. The zero-order valence-electron chi connectivity index (χ0n) is 10.7. The number of carboxylic acids is 1. The Morgan fingerprint density at radius 3 is 2.68 bits per heavy atom. The molecule has 0 aliphatic carbocycles. The lowest BCUT2D eigenvalue weighted by Crippen LogP contribution is -2.27. The Morgan fingerprint density at radius 2 is 2.16 bits per heavy atom. The van der Waals surface area contributed by atoms with Gasteiger partial charge < -0.3 is 10.2 Å². The second kappa shape index (κ2) is 6.13. The number of aliphatic hydroxyl groups is 1. The molecule has 1 rings (SSSR count). The molecule has 0 aromatic carbocycles. The van der Waals surface area contributed by atoms with Crippen LogP contribution in [0.4, 0.5) is 0 Å². The van der Waals surface area contributed by atoms with Crippen LogP contribution in [-0.2, 0) is 10.0 Å². The molecule has 0 radical (unpaired) electrons. The normalized spacial score (nSPS) is 13.4. The number of aliphatic hydroxyl groups excluding tert-OH is 1. The number of rotatable bonds is 7. The van der Waals surface area contributed by atoms with Crippen molar-refractivity contribution in [2.24, 2.45) is 0 Å². The van der Waals surface area contributed by atoms with E-state index >= 15 is 0 Å². The van der Waals surface area contributed by atoms with Gasteiger partial charge in [-0.1, -0.05) is 0 Å². The van der Waals surface area contributed by atoms with Crippen LogP contribution in [-0.4, -0.2) is 47.4 Å². The first-order valence-corrected chi connectivity index (χ1v) is 7.20. The van der Waals surface area contributed by atoms with Gasteiger partial charge in [0.15, 0.2) is 5.69 Å². The summed E-state index contributed by atoms with van der Waals surface area (Å²) >= 11 is 0. The predicted molar refractivity (Wildman–Crippen MR) is 66.4 cm³/mol. The number of aryl methyl sites for hydroxylation is 1. The predicted octanol–water partition coefficient (Wildman–Crippen LogP) is -0.144. The van der Waals surface area contributed by atoms with Crippen LogP contribution in [0.5, 0.6) is 0 Å². The number of carboxylic acid groups (broad SMARTS) is 1. The zero-order chi connectivity index (χ0) is 14.6. The number of aromatic carboxylic acids is 1. The summed E-state index contributed by atoms with van der Waals surface area (Å²) in [5, 5.41) is 23.7. The molecule has 0 aliphatic heterocycles. The maximum Gasteiger partial charge on any atom is 0.357 e. The number of nitrogens with zero attached hydrogens (tertiary/aromatic N) is 1. The van der Waals surface area contributed by atoms with E-state index in [9.17, 15) is 13.2 Å². The van der Waals surface area contributed by atoms with Crippen LogP contribution in [0.25, 0.3) is 0 Å². The van der Waals surface area contributed by atoms with Crippen molar-refractivity contribution in [3.05, 3.63) is 11.4 Å². The molecule has 19 heavy (non-hydrogen) atoms. The molecule has 0 fully saturated rings. The number of sulfonamides is 1. The van der Waals surface area contributed by atoms with Gasteiger partial charge in [-0.3, -0.25) is 5.10 Å². The molecular weight excluding hydrogens is 274 g/mol. The van der Waals surface area contributed by atoms with Gasteiger partial charge in [-0.15, -0.1) is 0 Å². The van der Waals surface area contributed by atoms with Gasteiger partial charge in [0.1, 0.15) is 4.90 Å². The second-order valence-electron chi connectivity index (χ2n) is 4.22. The van der Waals surface area contributed by atoms with Crippen LogP contribution < -0.4 is 4.72 Å². The minimum Gasteiger partial charge on any atom is -0.476 e. The largest absolute Gasteiger partial charge is 0.476 e. The first-order valence-electron chi connectivity index (χ1n) is 5.71. The Bertz CT molecular complexity index is 550. The van der Waals surface area contributed by atoms with E-state index in [1.54, 1.807) is 6.92 Å². The molecule has 1 aromatic heterocycles. The Kier molecular flexibility index (Phi) is 5.04. The van der Waals surface area contributed by atoms with Gasteiger partial charge in [0.05, 0.1) is 11.8 Å². The van der Waals surface area contributed by atoms with E-state index < -0.39 is 27.8 Å². The summed E-state index contributed by atoms with van der Waals surface area (Å²) in [5.74, 6) is -1.41. The maximum absolute atomic E-state index is 12.0. The van der Waals surface area contributed by atoms with Gasteiger partial charge in [-0.2, -0.15) is 5.10 Å². The Morgan fingerprint density at radius 1 is 1.53 bits per heavy atom. The summed E-state index contributed by atoms with van der Waals surface area (Å²) in [7, 11) is -3.93. The Balaban J connectivity index is 2.83. The fraction of sp³-hybridized carbons (Fsp3) is 0.600. The van der Waals surface area contributed by atoms with Crippen molar-refractivity contribution in [1.29, 1.82) is 0 Å². The number of aromatic nitrogens is 2. The van der Waals surface area contributed by atoms with Gasteiger partial charge in [0, 0.05) is 6.54 Å². The maximum atomic E-state index is 12.0. The molecule has 1 heterocycles. The van der Waals surface area contributed by atoms with E-state index in [0.29, 0.717) is 12.8 Å². The third-order valence-electron chi connectivity index (χ3n) is 2.45. The molecular formula is C10H17N3O5S. The van der Waals surface area contributed by atoms with E-state index in [4.69, 9.17) is 10.2 Å². The number of aromatic amines is 1. The highest BCUT2D eigenvalue weighted by molar-refractivity contribution is 7.89. The number of hydrogen-bond donors (Lipinski definition) is 4. The highest BCUT2D eigenvalue weighted by atomic mass is 32.2. The van der Waals surface area contributed by atoms with E-state index in [-0.39, 0.29) is 17.1 Å². The van der Waals surface area contributed by atoms with E-state index in [2.05, 4.69) is 14.9 Å². The Hall–Kier alpha value is -1.45. The van der Waals surface area contributed by atoms with E-state index in [1.807, 2.05) is 0 Å². The van der Waals surface area contributed by atoms with Crippen molar-refractivity contribution in [2.75, 3.05) is 6.54 Å². The standard InChI is InChI=1S/C10H17N3O5S/c1-6(14)4-3-5-11-19(17,18)9-7(2)12-13-8(9)10(15)16/h6,11,14H,3-5H2,1-2H3,(H,12,13)(H,15,16). The molecule has 0 saturated heterocycles. The van der Waals surface area contributed by atoms with Crippen molar-refractivity contribution in [3.8, 4) is 0 Å². The lowest BCUT2D eigenvalue weighted by molar-refractivity contribution is 0.0686. The van der Waals surface area contributed by atoms with E-state index in [0.717, 1.165) is 0 Å². The third kappa shape index (κ3) is 4.01. The minimum atomic E-state index is -3.93. The number of carbonyl (C=O) groups is 1. The second-order valence-corrected chi connectivity index (χ2v) is 5.92. The highest BCUT2D eigenvalue weighted by Gasteiger charge is 2.27. The van der Waals surface area contributed by atoms with Gasteiger partial charge in [0.25, 0.3) is 0 Å². The molecule has 4 N–H and O–H groups in total. The van der Waals surface area contributed by atoms with Crippen molar-refractivity contribution >= 4 is 16.0 Å². The highest BCUT2D eigenvalue weighted by Crippen LogP contribution is 2.17. The minimum absolute atomic E-state index is 0.122. The average molecular weight is 291 g/mol. The first kappa shape index (κ1) is 15.6. The molecule has 0 aliphatic rings. The van der Waals surface area contributed by atoms with Crippen molar-refractivity contribution in [3.63, 3.8) is 0 Å². The summed E-state index contributed by atoms with van der Waals surface area (Å²) < 4.78 is 26.3. The lowest BCUT2D eigenvalue weighted by Gasteiger charge is -2.07. The number of hydrogen-bond acceptors (Lipinski definition) is 5.